The van der Waals surface area contributed by atoms with Crippen LogP contribution in [0.1, 0.15) is 27.9 Å². The second-order valence-corrected chi connectivity index (χ2v) is 8.53. The number of fused-ring (bicyclic) bond motifs is 2. The fourth-order valence-electron chi connectivity index (χ4n) is 4.29. The number of rotatable bonds is 6. The third-order valence-corrected chi connectivity index (χ3v) is 6.09. The Morgan fingerprint density at radius 2 is 1.69 bits per heavy atom. The molecule has 1 aliphatic rings. The molecule has 0 N–H and O–H groups in total. The molecule has 0 radical (unpaired) electrons. The molecule has 4 aromatic rings. The van der Waals surface area contributed by atoms with E-state index in [1.54, 1.807) is 0 Å². The molecule has 4 nitrogen and oxygen atoms in total. The molecule has 1 aromatic heterocycles. The van der Waals surface area contributed by atoms with E-state index in [1.165, 1.54) is 17.7 Å². The van der Waals surface area contributed by atoms with E-state index >= 15 is 0 Å². The average Bonchev–Trinajstić information content (AvgIpc) is 2.92. The van der Waals surface area contributed by atoms with Crippen LogP contribution in [0.4, 0.5) is 4.39 Å². The number of ether oxygens (including phenoxy) is 1. The van der Waals surface area contributed by atoms with Gasteiger partial charge >= 0.3 is 0 Å². The molecule has 0 aliphatic carbocycles. The van der Waals surface area contributed by atoms with Crippen LogP contribution >= 0.6 is 0 Å². The number of aromatic nitrogens is 1. The first-order valence-electron chi connectivity index (χ1n) is 11.9. The minimum Gasteiger partial charge on any atom is -0.475 e. The van der Waals surface area contributed by atoms with Gasteiger partial charge < -0.3 is 9.64 Å². The van der Waals surface area contributed by atoms with Crippen LogP contribution in [0.3, 0.4) is 0 Å². The van der Waals surface area contributed by atoms with E-state index in [4.69, 9.17) is 4.74 Å². The molecule has 0 bridgehead atoms. The van der Waals surface area contributed by atoms with Gasteiger partial charge in [0.2, 0.25) is 5.88 Å². The van der Waals surface area contributed by atoms with E-state index in [-0.39, 0.29) is 18.6 Å². The van der Waals surface area contributed by atoms with Crippen LogP contribution in [0.15, 0.2) is 110 Å². The average molecular weight is 481 g/mol. The van der Waals surface area contributed by atoms with E-state index in [1.807, 2.05) is 71.6 Å². The van der Waals surface area contributed by atoms with Crippen molar-refractivity contribution in [3.8, 4) is 5.88 Å². The number of amides is 1. The molecule has 0 spiro atoms. The van der Waals surface area contributed by atoms with Crippen LogP contribution in [-0.4, -0.2) is 28.4 Å². The molecule has 1 atom stereocenters. The molecule has 36 heavy (non-hydrogen) atoms. The highest BCUT2D eigenvalue weighted by Crippen LogP contribution is 2.28. The number of carbonyl (C=O) groups is 1. The lowest BCUT2D eigenvalue weighted by molar-refractivity contribution is 0.0564. The first kappa shape index (κ1) is 24.9. The third kappa shape index (κ3) is 5.87. The number of halogens is 1. The summed E-state index contributed by atoms with van der Waals surface area (Å²) in [6, 6.07) is 24.6. The van der Waals surface area contributed by atoms with Gasteiger partial charge in [0.15, 0.2) is 0 Å². The number of hydrogen-bond donors (Lipinski definition) is 0. The minimum atomic E-state index is -0.410. The van der Waals surface area contributed by atoms with Crippen molar-refractivity contribution >= 4 is 16.7 Å². The maximum absolute atomic E-state index is 13.7. The fourth-order valence-corrected chi connectivity index (χ4v) is 4.29. The Bertz CT molecular complexity index is 1340. The van der Waals surface area contributed by atoms with Gasteiger partial charge in [0.1, 0.15) is 12.4 Å². The lowest BCUT2D eigenvalue weighted by Gasteiger charge is -2.37. The Kier molecular flexibility index (Phi) is 8.24. The smallest absolute Gasteiger partial charge is 0.255 e. The number of carbonyl (C=O) groups excluding carboxylic acids is 1. The highest BCUT2D eigenvalue weighted by atomic mass is 19.1. The summed E-state index contributed by atoms with van der Waals surface area (Å²) >= 11 is 0. The quantitative estimate of drug-likeness (QED) is 0.286. The van der Waals surface area contributed by atoms with E-state index in [0.717, 1.165) is 29.0 Å². The largest absolute Gasteiger partial charge is 0.475 e. The van der Waals surface area contributed by atoms with Crippen molar-refractivity contribution in [2.24, 2.45) is 0 Å². The Balaban J connectivity index is 0.000000556. The normalized spacial score (nSPS) is 14.2. The van der Waals surface area contributed by atoms with Gasteiger partial charge in [0.25, 0.3) is 5.91 Å². The molecule has 0 saturated heterocycles. The first-order chi connectivity index (χ1) is 17.6. The van der Waals surface area contributed by atoms with Crippen LogP contribution in [0.5, 0.6) is 5.88 Å². The van der Waals surface area contributed by atoms with E-state index < -0.39 is 5.82 Å². The highest BCUT2D eigenvalue weighted by Gasteiger charge is 2.31. The fraction of sp³-hybridized carbons (Fsp3) is 0.161. The van der Waals surface area contributed by atoms with Gasteiger partial charge in [-0.05, 0) is 46.9 Å². The number of nitrogens with zero attached hydrogens (tertiary/aromatic N) is 2. The summed E-state index contributed by atoms with van der Waals surface area (Å²) in [5, 5.41) is 1.97. The summed E-state index contributed by atoms with van der Waals surface area (Å²) in [7, 11) is 0. The van der Waals surface area contributed by atoms with Crippen LogP contribution < -0.4 is 4.74 Å². The van der Waals surface area contributed by atoms with Crippen molar-refractivity contribution in [1.29, 1.82) is 0 Å². The number of benzene rings is 3. The van der Waals surface area contributed by atoms with Crippen LogP contribution in [-0.2, 0) is 13.0 Å². The topological polar surface area (TPSA) is 42.4 Å². The second kappa shape index (κ2) is 11.9. The SMILES string of the molecule is C=CCC=C.O=C(c1cccc2ccccc12)N1Cc2ccccc2CC1COc1ccc(F)cn1. The van der Waals surface area contributed by atoms with Gasteiger partial charge in [-0.25, -0.2) is 9.37 Å². The minimum absolute atomic E-state index is 0.0213. The van der Waals surface area contributed by atoms with Crippen molar-refractivity contribution < 1.29 is 13.9 Å². The molecule has 1 unspecified atom stereocenters. The van der Waals surface area contributed by atoms with Gasteiger partial charge in [-0.15, -0.1) is 13.2 Å². The summed E-state index contributed by atoms with van der Waals surface area (Å²) in [6.45, 7) is 7.76. The third-order valence-electron chi connectivity index (χ3n) is 6.09. The first-order valence-corrected chi connectivity index (χ1v) is 11.9. The van der Waals surface area contributed by atoms with E-state index in [9.17, 15) is 9.18 Å². The van der Waals surface area contributed by atoms with Crippen molar-refractivity contribution in [2.75, 3.05) is 6.61 Å². The molecule has 0 fully saturated rings. The molecule has 2 heterocycles. The summed E-state index contributed by atoms with van der Waals surface area (Å²) in [6.07, 6.45) is 6.36. The van der Waals surface area contributed by atoms with Crippen molar-refractivity contribution in [3.05, 3.63) is 133 Å². The molecule has 3 aromatic carbocycles. The molecule has 1 aliphatic heterocycles. The van der Waals surface area contributed by atoms with Gasteiger partial charge in [-0.3, -0.25) is 4.79 Å². The van der Waals surface area contributed by atoms with Gasteiger partial charge in [0.05, 0.1) is 12.2 Å². The standard InChI is InChI=1S/C26H21FN2O2.C5H8/c27-21-12-13-25(28-15-21)31-17-22-14-19-7-1-2-8-20(19)16-29(22)26(30)24-11-5-9-18-6-3-4-10-23(18)24;1-3-5-4-2/h1-13,15,22H,14,16-17H2;3-4H,1-2,5H2. The number of hydrogen-bond acceptors (Lipinski definition) is 3. The highest BCUT2D eigenvalue weighted by molar-refractivity contribution is 6.07. The summed E-state index contributed by atoms with van der Waals surface area (Å²) in [5.41, 5.74) is 3.04. The molecule has 1 amide bonds. The van der Waals surface area contributed by atoms with Crippen LogP contribution in [0, 0.1) is 5.82 Å². The van der Waals surface area contributed by atoms with Crippen molar-refractivity contribution in [2.45, 2.75) is 25.4 Å². The molecule has 5 heteroatoms. The van der Waals surface area contributed by atoms with Crippen molar-refractivity contribution in [1.82, 2.24) is 9.88 Å². The lowest BCUT2D eigenvalue weighted by Crippen LogP contribution is -2.47. The molecular formula is C31H29FN2O2. The number of pyridine rings is 1. The summed E-state index contributed by atoms with van der Waals surface area (Å²) in [4.78, 5) is 19.6. The summed E-state index contributed by atoms with van der Waals surface area (Å²) in [5.74, 6) is -0.0866. The molecule has 182 valence electrons. The Morgan fingerprint density at radius 1 is 0.972 bits per heavy atom. The predicted molar refractivity (Wildman–Crippen MR) is 142 cm³/mol. The Hall–Kier alpha value is -4.25. The zero-order valence-electron chi connectivity index (χ0n) is 20.1. The van der Waals surface area contributed by atoms with Crippen LogP contribution in [0.2, 0.25) is 0 Å². The predicted octanol–water partition coefficient (Wildman–Crippen LogP) is 6.77. The van der Waals surface area contributed by atoms with Crippen LogP contribution in [0.25, 0.3) is 10.8 Å². The Morgan fingerprint density at radius 3 is 2.42 bits per heavy atom. The maximum atomic E-state index is 13.7. The van der Waals surface area contributed by atoms with E-state index in [0.29, 0.717) is 24.4 Å². The van der Waals surface area contributed by atoms with Gasteiger partial charge in [0, 0.05) is 18.2 Å². The zero-order chi connectivity index (χ0) is 25.3. The second-order valence-electron chi connectivity index (χ2n) is 8.53. The zero-order valence-corrected chi connectivity index (χ0v) is 20.1. The number of allylic oxidation sites excluding steroid dienone is 2. The van der Waals surface area contributed by atoms with E-state index in [2.05, 4.69) is 30.3 Å². The Labute approximate surface area is 211 Å². The lowest BCUT2D eigenvalue weighted by atomic mass is 9.93. The molecular weight excluding hydrogens is 451 g/mol. The molecule has 5 rings (SSSR count). The van der Waals surface area contributed by atoms with Crippen molar-refractivity contribution in [3.63, 3.8) is 0 Å². The van der Waals surface area contributed by atoms with Gasteiger partial charge in [-0.2, -0.15) is 0 Å². The monoisotopic (exact) mass is 480 g/mol. The summed E-state index contributed by atoms with van der Waals surface area (Å²) < 4.78 is 19.0. The maximum Gasteiger partial charge on any atom is 0.255 e. The molecule has 0 saturated carbocycles. The van der Waals surface area contributed by atoms with Gasteiger partial charge in [-0.1, -0.05) is 72.8 Å².